The van der Waals surface area contributed by atoms with Crippen molar-refractivity contribution < 1.29 is 0 Å². The predicted molar refractivity (Wildman–Crippen MR) is 71.5 cm³/mol. The number of aryl methyl sites for hydroxylation is 1. The van der Waals surface area contributed by atoms with Crippen LogP contribution in [0.3, 0.4) is 0 Å². The SMILES string of the molecule is CCN(CC1CCC1)c1nc(NC)ncc1C. The standard InChI is InChI=1S/C13H22N4/c1-4-17(9-11-6-5-7-11)12-10(2)8-15-13(14-3)16-12/h8,11H,4-7,9H2,1-3H3,(H,14,15,16). The van der Waals surface area contributed by atoms with Crippen LogP contribution in [0.1, 0.15) is 31.7 Å². The molecule has 1 fully saturated rings. The van der Waals surface area contributed by atoms with Crippen LogP contribution in [-0.2, 0) is 0 Å². The third kappa shape index (κ3) is 2.68. The Morgan fingerprint density at radius 1 is 1.47 bits per heavy atom. The van der Waals surface area contributed by atoms with E-state index in [0.717, 1.165) is 30.4 Å². The second kappa shape index (κ2) is 5.34. The minimum atomic E-state index is 0.706. The Balaban J connectivity index is 2.15. The first-order valence-corrected chi connectivity index (χ1v) is 6.51. The first-order valence-electron chi connectivity index (χ1n) is 6.51. The molecule has 4 nitrogen and oxygen atoms in total. The summed E-state index contributed by atoms with van der Waals surface area (Å²) in [5, 5.41) is 3.01. The third-order valence-electron chi connectivity index (χ3n) is 3.55. The minimum Gasteiger partial charge on any atom is -0.357 e. The number of nitrogens with one attached hydrogen (secondary N) is 1. The van der Waals surface area contributed by atoms with E-state index in [1.807, 2.05) is 13.2 Å². The van der Waals surface area contributed by atoms with Gasteiger partial charge in [-0.1, -0.05) is 6.42 Å². The second-order valence-electron chi connectivity index (χ2n) is 4.79. The number of rotatable bonds is 5. The highest BCUT2D eigenvalue weighted by Gasteiger charge is 2.21. The van der Waals surface area contributed by atoms with Gasteiger partial charge >= 0.3 is 0 Å². The Hall–Kier alpha value is -1.32. The number of hydrogen-bond acceptors (Lipinski definition) is 4. The molecule has 0 bridgehead atoms. The van der Waals surface area contributed by atoms with Crippen molar-refractivity contribution in [2.24, 2.45) is 5.92 Å². The molecule has 0 saturated heterocycles. The van der Waals surface area contributed by atoms with Gasteiger partial charge in [0.2, 0.25) is 5.95 Å². The van der Waals surface area contributed by atoms with Crippen LogP contribution in [-0.4, -0.2) is 30.1 Å². The van der Waals surface area contributed by atoms with Gasteiger partial charge in [0.05, 0.1) is 0 Å². The number of anilines is 2. The molecule has 1 saturated carbocycles. The van der Waals surface area contributed by atoms with Crippen molar-refractivity contribution in [3.8, 4) is 0 Å². The lowest BCUT2D eigenvalue weighted by atomic mass is 9.85. The summed E-state index contributed by atoms with van der Waals surface area (Å²) in [6.45, 7) is 6.42. The van der Waals surface area contributed by atoms with Gasteiger partial charge in [0.25, 0.3) is 0 Å². The van der Waals surface area contributed by atoms with Crippen molar-refractivity contribution in [3.63, 3.8) is 0 Å². The molecule has 0 amide bonds. The number of aromatic nitrogens is 2. The van der Waals surface area contributed by atoms with E-state index in [9.17, 15) is 0 Å². The quantitative estimate of drug-likeness (QED) is 0.849. The zero-order valence-electron chi connectivity index (χ0n) is 11.0. The molecular formula is C13H22N4. The van der Waals surface area contributed by atoms with E-state index < -0.39 is 0 Å². The second-order valence-corrected chi connectivity index (χ2v) is 4.79. The van der Waals surface area contributed by atoms with Crippen LogP contribution in [0.5, 0.6) is 0 Å². The maximum Gasteiger partial charge on any atom is 0.224 e. The van der Waals surface area contributed by atoms with E-state index in [0.29, 0.717) is 5.95 Å². The van der Waals surface area contributed by atoms with Gasteiger partial charge in [0, 0.05) is 31.9 Å². The molecule has 1 heterocycles. The fourth-order valence-corrected chi connectivity index (χ4v) is 2.23. The van der Waals surface area contributed by atoms with Crippen LogP contribution < -0.4 is 10.2 Å². The Kier molecular flexibility index (Phi) is 3.82. The van der Waals surface area contributed by atoms with E-state index in [4.69, 9.17) is 0 Å². The van der Waals surface area contributed by atoms with Crippen molar-refractivity contribution in [3.05, 3.63) is 11.8 Å². The molecule has 4 heteroatoms. The van der Waals surface area contributed by atoms with Gasteiger partial charge in [-0.25, -0.2) is 4.98 Å². The van der Waals surface area contributed by atoms with E-state index in [2.05, 4.69) is 34.0 Å². The molecule has 2 rings (SSSR count). The number of hydrogen-bond donors (Lipinski definition) is 1. The normalized spacial score (nSPS) is 15.5. The topological polar surface area (TPSA) is 41.1 Å². The highest BCUT2D eigenvalue weighted by Crippen LogP contribution is 2.29. The first kappa shape index (κ1) is 12.1. The zero-order chi connectivity index (χ0) is 12.3. The summed E-state index contributed by atoms with van der Waals surface area (Å²) >= 11 is 0. The van der Waals surface area contributed by atoms with Gasteiger partial charge in [-0.15, -0.1) is 0 Å². The van der Waals surface area contributed by atoms with E-state index in [1.165, 1.54) is 19.3 Å². The molecule has 1 aliphatic carbocycles. The highest BCUT2D eigenvalue weighted by molar-refractivity contribution is 5.48. The Morgan fingerprint density at radius 2 is 2.24 bits per heavy atom. The molecule has 17 heavy (non-hydrogen) atoms. The summed E-state index contributed by atoms with van der Waals surface area (Å²) < 4.78 is 0. The summed E-state index contributed by atoms with van der Waals surface area (Å²) in [5.41, 5.74) is 1.16. The maximum absolute atomic E-state index is 4.58. The molecule has 0 unspecified atom stereocenters. The fraction of sp³-hybridized carbons (Fsp3) is 0.692. The highest BCUT2D eigenvalue weighted by atomic mass is 15.2. The summed E-state index contributed by atoms with van der Waals surface area (Å²) in [6.07, 6.45) is 6.05. The van der Waals surface area contributed by atoms with E-state index in [-0.39, 0.29) is 0 Å². The van der Waals surface area contributed by atoms with Crippen molar-refractivity contribution in [1.82, 2.24) is 9.97 Å². The lowest BCUT2D eigenvalue weighted by Crippen LogP contribution is -2.33. The third-order valence-corrected chi connectivity index (χ3v) is 3.55. The average Bonchev–Trinajstić information content (AvgIpc) is 2.29. The van der Waals surface area contributed by atoms with E-state index >= 15 is 0 Å². The first-order chi connectivity index (χ1) is 8.24. The van der Waals surface area contributed by atoms with Gasteiger partial charge < -0.3 is 10.2 Å². The van der Waals surface area contributed by atoms with Crippen molar-refractivity contribution >= 4 is 11.8 Å². The number of nitrogens with zero attached hydrogens (tertiary/aromatic N) is 3. The van der Waals surface area contributed by atoms with Gasteiger partial charge in [-0.2, -0.15) is 4.98 Å². The van der Waals surface area contributed by atoms with Gasteiger partial charge in [0.1, 0.15) is 5.82 Å². The molecule has 0 aliphatic heterocycles. The molecule has 0 aromatic carbocycles. The van der Waals surface area contributed by atoms with Crippen molar-refractivity contribution in [2.45, 2.75) is 33.1 Å². The molecule has 0 spiro atoms. The zero-order valence-corrected chi connectivity index (χ0v) is 11.0. The Morgan fingerprint density at radius 3 is 2.76 bits per heavy atom. The Bertz CT molecular complexity index is 374. The van der Waals surface area contributed by atoms with Crippen LogP contribution in [0.2, 0.25) is 0 Å². The molecule has 0 atom stereocenters. The van der Waals surface area contributed by atoms with Crippen LogP contribution in [0, 0.1) is 12.8 Å². The summed E-state index contributed by atoms with van der Waals surface area (Å²) in [7, 11) is 1.86. The van der Waals surface area contributed by atoms with Gasteiger partial charge in [0.15, 0.2) is 0 Å². The van der Waals surface area contributed by atoms with Crippen LogP contribution >= 0.6 is 0 Å². The molecule has 1 N–H and O–H groups in total. The van der Waals surface area contributed by atoms with E-state index in [1.54, 1.807) is 0 Å². The predicted octanol–water partition coefficient (Wildman–Crippen LogP) is 2.45. The summed E-state index contributed by atoms with van der Waals surface area (Å²) in [5.74, 6) is 2.65. The van der Waals surface area contributed by atoms with Crippen molar-refractivity contribution in [1.29, 1.82) is 0 Å². The van der Waals surface area contributed by atoms with Gasteiger partial charge in [-0.05, 0) is 32.6 Å². The molecule has 0 radical (unpaired) electrons. The largest absolute Gasteiger partial charge is 0.357 e. The molecule has 1 aromatic heterocycles. The molecule has 1 aliphatic rings. The molecule has 94 valence electrons. The van der Waals surface area contributed by atoms with Crippen LogP contribution in [0.25, 0.3) is 0 Å². The summed E-state index contributed by atoms with van der Waals surface area (Å²) in [4.78, 5) is 11.2. The average molecular weight is 234 g/mol. The smallest absolute Gasteiger partial charge is 0.224 e. The van der Waals surface area contributed by atoms with Gasteiger partial charge in [-0.3, -0.25) is 0 Å². The molecule has 1 aromatic rings. The lowest BCUT2D eigenvalue weighted by Gasteiger charge is -2.33. The fourth-order valence-electron chi connectivity index (χ4n) is 2.23. The summed E-state index contributed by atoms with van der Waals surface area (Å²) in [6, 6.07) is 0. The van der Waals surface area contributed by atoms with Crippen LogP contribution in [0.4, 0.5) is 11.8 Å². The molecular weight excluding hydrogens is 212 g/mol. The maximum atomic E-state index is 4.58. The lowest BCUT2D eigenvalue weighted by molar-refractivity contribution is 0.318. The Labute approximate surface area is 103 Å². The van der Waals surface area contributed by atoms with Crippen LogP contribution in [0.15, 0.2) is 6.20 Å². The van der Waals surface area contributed by atoms with Crippen molar-refractivity contribution in [2.75, 3.05) is 30.4 Å². The monoisotopic (exact) mass is 234 g/mol. The minimum absolute atomic E-state index is 0.706.